The summed E-state index contributed by atoms with van der Waals surface area (Å²) in [5.74, 6) is -2.55. The Morgan fingerprint density at radius 1 is 1.21 bits per heavy atom. The molecule has 19 heavy (non-hydrogen) atoms. The summed E-state index contributed by atoms with van der Waals surface area (Å²) in [5.41, 5.74) is 6.94. The molecule has 0 aliphatic heterocycles. The SMILES string of the molecule is CC(Cc1ccc(Cl)cc1C[C@H](N)C(=O)O)C(=O)O. The first kappa shape index (κ1) is 15.5. The van der Waals surface area contributed by atoms with Crippen LogP contribution in [0, 0.1) is 5.92 Å². The predicted molar refractivity (Wildman–Crippen MR) is 71.3 cm³/mol. The third-order valence-electron chi connectivity index (χ3n) is 2.87. The third-order valence-corrected chi connectivity index (χ3v) is 3.11. The van der Waals surface area contributed by atoms with E-state index < -0.39 is 23.9 Å². The predicted octanol–water partition coefficient (Wildman–Crippen LogP) is 1.56. The van der Waals surface area contributed by atoms with Gasteiger partial charge in [0.25, 0.3) is 0 Å². The largest absolute Gasteiger partial charge is 0.481 e. The van der Waals surface area contributed by atoms with E-state index in [0.29, 0.717) is 17.0 Å². The number of benzene rings is 1. The lowest BCUT2D eigenvalue weighted by Crippen LogP contribution is -2.32. The van der Waals surface area contributed by atoms with Crippen LogP contribution in [0.1, 0.15) is 18.1 Å². The number of rotatable bonds is 6. The molecule has 0 bridgehead atoms. The zero-order chi connectivity index (χ0) is 14.6. The Labute approximate surface area is 116 Å². The normalized spacial score (nSPS) is 13.8. The quantitative estimate of drug-likeness (QED) is 0.736. The topological polar surface area (TPSA) is 101 Å². The molecule has 1 unspecified atom stereocenters. The van der Waals surface area contributed by atoms with Crippen LogP contribution in [0.4, 0.5) is 0 Å². The lowest BCUT2D eigenvalue weighted by Gasteiger charge is -2.14. The van der Waals surface area contributed by atoms with Gasteiger partial charge in [0.2, 0.25) is 0 Å². The highest BCUT2D eigenvalue weighted by atomic mass is 35.5. The fourth-order valence-corrected chi connectivity index (χ4v) is 1.92. The van der Waals surface area contributed by atoms with Crippen molar-refractivity contribution in [2.24, 2.45) is 11.7 Å². The second-order valence-corrected chi connectivity index (χ2v) is 4.94. The smallest absolute Gasteiger partial charge is 0.320 e. The van der Waals surface area contributed by atoms with Gasteiger partial charge in [-0.25, -0.2) is 0 Å². The summed E-state index contributed by atoms with van der Waals surface area (Å²) in [7, 11) is 0. The first-order chi connectivity index (χ1) is 8.81. The van der Waals surface area contributed by atoms with Gasteiger partial charge in [-0.3, -0.25) is 9.59 Å². The van der Waals surface area contributed by atoms with Crippen molar-refractivity contribution in [1.82, 2.24) is 0 Å². The van der Waals surface area contributed by atoms with Crippen LogP contribution in [0.3, 0.4) is 0 Å². The first-order valence-corrected chi connectivity index (χ1v) is 6.17. The second-order valence-electron chi connectivity index (χ2n) is 4.51. The van der Waals surface area contributed by atoms with Gasteiger partial charge < -0.3 is 15.9 Å². The molecule has 4 N–H and O–H groups in total. The minimum atomic E-state index is -1.10. The molecule has 0 fully saturated rings. The van der Waals surface area contributed by atoms with Crippen LogP contribution in [0.25, 0.3) is 0 Å². The van der Waals surface area contributed by atoms with Crippen LogP contribution >= 0.6 is 11.6 Å². The van der Waals surface area contributed by atoms with Gasteiger partial charge in [0.15, 0.2) is 0 Å². The van der Waals surface area contributed by atoms with Gasteiger partial charge in [0.1, 0.15) is 6.04 Å². The molecule has 0 saturated carbocycles. The Morgan fingerprint density at radius 2 is 1.84 bits per heavy atom. The number of carboxylic acids is 2. The monoisotopic (exact) mass is 285 g/mol. The number of hydrogen-bond acceptors (Lipinski definition) is 3. The fourth-order valence-electron chi connectivity index (χ4n) is 1.73. The van der Waals surface area contributed by atoms with Crippen LogP contribution in [-0.2, 0) is 22.4 Å². The molecule has 1 aromatic carbocycles. The van der Waals surface area contributed by atoms with Crippen LogP contribution in [0.15, 0.2) is 18.2 Å². The molecule has 1 aromatic rings. The van der Waals surface area contributed by atoms with E-state index in [2.05, 4.69) is 0 Å². The van der Waals surface area contributed by atoms with E-state index in [4.69, 9.17) is 27.5 Å². The summed E-state index contributed by atoms with van der Waals surface area (Å²) in [6, 6.07) is 3.97. The summed E-state index contributed by atoms with van der Waals surface area (Å²) >= 11 is 5.87. The standard InChI is InChI=1S/C13H16ClNO4/c1-7(12(16)17)4-8-2-3-10(14)5-9(8)6-11(15)13(18)19/h2-3,5,7,11H,4,6,15H2,1H3,(H,16,17)(H,18,19)/t7?,11-/m0/s1. The lowest BCUT2D eigenvalue weighted by molar-refractivity contribution is -0.141. The summed E-state index contributed by atoms with van der Waals surface area (Å²) in [4.78, 5) is 21.6. The summed E-state index contributed by atoms with van der Waals surface area (Å²) < 4.78 is 0. The zero-order valence-electron chi connectivity index (χ0n) is 10.5. The molecule has 0 aromatic heterocycles. The van der Waals surface area contributed by atoms with Crippen molar-refractivity contribution < 1.29 is 19.8 Å². The second kappa shape index (κ2) is 6.54. The number of aliphatic carboxylic acids is 2. The van der Waals surface area contributed by atoms with Crippen LogP contribution in [0.2, 0.25) is 5.02 Å². The Kier molecular flexibility index (Phi) is 5.32. The maximum Gasteiger partial charge on any atom is 0.320 e. The highest BCUT2D eigenvalue weighted by Crippen LogP contribution is 2.20. The molecule has 5 nitrogen and oxygen atoms in total. The maximum absolute atomic E-state index is 10.9. The van der Waals surface area contributed by atoms with E-state index in [1.807, 2.05) is 0 Å². The molecule has 0 radical (unpaired) electrons. The highest BCUT2D eigenvalue weighted by Gasteiger charge is 2.18. The van der Waals surface area contributed by atoms with E-state index in [1.54, 1.807) is 25.1 Å². The van der Waals surface area contributed by atoms with Gasteiger partial charge in [-0.15, -0.1) is 0 Å². The van der Waals surface area contributed by atoms with Crippen molar-refractivity contribution in [3.05, 3.63) is 34.3 Å². The molecular formula is C13H16ClNO4. The molecule has 0 spiro atoms. The van der Waals surface area contributed by atoms with Gasteiger partial charge in [-0.1, -0.05) is 24.6 Å². The average molecular weight is 286 g/mol. The number of halogens is 1. The minimum Gasteiger partial charge on any atom is -0.481 e. The summed E-state index contributed by atoms with van der Waals surface area (Å²) in [6.45, 7) is 1.60. The Morgan fingerprint density at radius 3 is 2.37 bits per heavy atom. The Balaban J connectivity index is 2.97. The van der Waals surface area contributed by atoms with E-state index in [0.717, 1.165) is 5.56 Å². The number of carbonyl (C=O) groups is 2. The molecular weight excluding hydrogens is 270 g/mol. The third kappa shape index (κ3) is 4.54. The van der Waals surface area contributed by atoms with Gasteiger partial charge in [-0.05, 0) is 36.1 Å². The van der Waals surface area contributed by atoms with Crippen LogP contribution in [0.5, 0.6) is 0 Å². The van der Waals surface area contributed by atoms with Crippen molar-refractivity contribution in [2.45, 2.75) is 25.8 Å². The van der Waals surface area contributed by atoms with Crippen LogP contribution in [-0.4, -0.2) is 28.2 Å². The molecule has 1 rings (SSSR count). The van der Waals surface area contributed by atoms with E-state index >= 15 is 0 Å². The van der Waals surface area contributed by atoms with E-state index in [-0.39, 0.29) is 6.42 Å². The number of carboxylic acid groups (broad SMARTS) is 2. The fraction of sp³-hybridized carbons (Fsp3) is 0.385. The zero-order valence-corrected chi connectivity index (χ0v) is 11.2. The molecule has 104 valence electrons. The van der Waals surface area contributed by atoms with Crippen molar-refractivity contribution in [3.63, 3.8) is 0 Å². The highest BCUT2D eigenvalue weighted by molar-refractivity contribution is 6.30. The molecule has 0 saturated heterocycles. The molecule has 0 heterocycles. The van der Waals surface area contributed by atoms with Gasteiger partial charge in [-0.2, -0.15) is 0 Å². The number of nitrogens with two attached hydrogens (primary N) is 1. The summed E-state index contributed by atoms with van der Waals surface area (Å²) in [6.07, 6.45) is 0.436. The molecule has 6 heteroatoms. The minimum absolute atomic E-state index is 0.123. The molecule has 0 aliphatic carbocycles. The van der Waals surface area contributed by atoms with Gasteiger partial charge in [0.05, 0.1) is 5.92 Å². The van der Waals surface area contributed by atoms with Crippen molar-refractivity contribution in [2.75, 3.05) is 0 Å². The van der Waals surface area contributed by atoms with Crippen molar-refractivity contribution >= 4 is 23.5 Å². The Bertz CT molecular complexity index is 490. The molecule has 2 atom stereocenters. The van der Waals surface area contributed by atoms with Crippen molar-refractivity contribution in [3.8, 4) is 0 Å². The van der Waals surface area contributed by atoms with E-state index in [9.17, 15) is 9.59 Å². The van der Waals surface area contributed by atoms with E-state index in [1.165, 1.54) is 0 Å². The van der Waals surface area contributed by atoms with Gasteiger partial charge in [0, 0.05) is 5.02 Å². The Hall–Kier alpha value is -1.59. The molecule has 0 amide bonds. The summed E-state index contributed by atoms with van der Waals surface area (Å²) in [5, 5.41) is 18.2. The molecule has 0 aliphatic rings. The number of hydrogen-bond donors (Lipinski definition) is 3. The maximum atomic E-state index is 10.9. The van der Waals surface area contributed by atoms with Crippen LogP contribution < -0.4 is 5.73 Å². The van der Waals surface area contributed by atoms with Gasteiger partial charge >= 0.3 is 11.9 Å². The first-order valence-electron chi connectivity index (χ1n) is 5.79. The average Bonchev–Trinajstić information content (AvgIpc) is 2.32. The van der Waals surface area contributed by atoms with Crippen molar-refractivity contribution in [1.29, 1.82) is 0 Å². The lowest BCUT2D eigenvalue weighted by atomic mass is 9.93.